The quantitative estimate of drug-likeness (QED) is 0.465. The molecule has 2 aromatic heterocycles. The Morgan fingerprint density at radius 2 is 2.12 bits per heavy atom. The number of allylic oxidation sites excluding steroid dienone is 6. The van der Waals surface area contributed by atoms with Crippen LogP contribution in [0.3, 0.4) is 0 Å². The molecule has 1 aliphatic carbocycles. The summed E-state index contributed by atoms with van der Waals surface area (Å²) in [7, 11) is 0. The van der Waals surface area contributed by atoms with Crippen LogP contribution in [0.5, 0.6) is 0 Å². The van der Waals surface area contributed by atoms with Gasteiger partial charge in [0.25, 0.3) is 11.5 Å². The molecule has 0 bridgehead atoms. The van der Waals surface area contributed by atoms with Crippen molar-refractivity contribution in [1.82, 2.24) is 24.9 Å². The Morgan fingerprint density at radius 3 is 2.83 bits per heavy atom. The number of aromatic nitrogens is 3. The van der Waals surface area contributed by atoms with E-state index in [2.05, 4.69) is 70.9 Å². The molecule has 0 aromatic carbocycles. The van der Waals surface area contributed by atoms with Crippen LogP contribution >= 0.6 is 0 Å². The number of nitriles is 1. The van der Waals surface area contributed by atoms with Crippen molar-refractivity contribution in [3.63, 3.8) is 0 Å². The smallest absolute Gasteiger partial charge is 0.273 e. The van der Waals surface area contributed by atoms with E-state index in [9.17, 15) is 14.9 Å². The van der Waals surface area contributed by atoms with E-state index in [0.717, 1.165) is 48.2 Å². The summed E-state index contributed by atoms with van der Waals surface area (Å²) in [5.74, 6) is -0.136. The zero-order valence-corrected chi connectivity index (χ0v) is 24.2. The maximum Gasteiger partial charge on any atom is 0.273 e. The van der Waals surface area contributed by atoms with Gasteiger partial charge in [0, 0.05) is 43.0 Å². The van der Waals surface area contributed by atoms with Gasteiger partial charge in [-0.25, -0.2) is 9.66 Å². The number of rotatable bonds is 8. The number of nitrogens with zero attached hydrogens (tertiary/aromatic N) is 5. The molecule has 0 spiro atoms. The van der Waals surface area contributed by atoms with E-state index in [-0.39, 0.29) is 17.4 Å². The van der Waals surface area contributed by atoms with Crippen molar-refractivity contribution in [2.75, 3.05) is 12.0 Å². The predicted octanol–water partition coefficient (Wildman–Crippen LogP) is 4.47. The number of pyridine rings is 1. The van der Waals surface area contributed by atoms with Gasteiger partial charge in [-0.1, -0.05) is 43.2 Å². The average Bonchev–Trinajstić information content (AvgIpc) is 3.75. The zero-order chi connectivity index (χ0) is 29.1. The van der Waals surface area contributed by atoms with Gasteiger partial charge in [-0.2, -0.15) is 5.26 Å². The second kappa shape index (κ2) is 11.7. The molecule has 41 heavy (non-hydrogen) atoms. The van der Waals surface area contributed by atoms with Crippen molar-refractivity contribution in [3.05, 3.63) is 92.5 Å². The summed E-state index contributed by atoms with van der Waals surface area (Å²) in [5, 5.41) is 12.0. The number of carbonyl (C=O) groups is 1. The summed E-state index contributed by atoms with van der Waals surface area (Å²) in [5.41, 5.74) is 8.86. The van der Waals surface area contributed by atoms with Crippen LogP contribution in [0.25, 0.3) is 11.6 Å². The van der Waals surface area contributed by atoms with Crippen LogP contribution in [-0.4, -0.2) is 43.7 Å². The Morgan fingerprint density at radius 1 is 1.32 bits per heavy atom. The maximum absolute atomic E-state index is 13.0. The van der Waals surface area contributed by atoms with Crippen molar-refractivity contribution >= 4 is 17.6 Å². The van der Waals surface area contributed by atoms with Crippen LogP contribution in [0.1, 0.15) is 86.5 Å². The van der Waals surface area contributed by atoms with Gasteiger partial charge in [-0.05, 0) is 68.9 Å². The standard InChI is InChI=1S/C32H37N7O2/c1-5-7-8-21(3)9-10-23(6-2)24-16-25-19-38(14-11-26(25)34-18-24)30-22(4)15-28-35-27(17-29(40)39(28)37-30)31(41)36-32(20-33)12-13-32/h6,8-10,15-18,30,37H,5,7,11-14,19H2,1-4H3,(H,36,41)/b10-9-,21-8+,23-6+. The third kappa shape index (κ3) is 6.08. The molecule has 0 radical (unpaired) electrons. The van der Waals surface area contributed by atoms with Crippen LogP contribution in [0.4, 0.5) is 0 Å². The molecule has 1 saturated carbocycles. The number of hydrogen-bond donors (Lipinski definition) is 2. The molecule has 1 amide bonds. The van der Waals surface area contributed by atoms with Crippen LogP contribution in [0.2, 0.25) is 0 Å². The van der Waals surface area contributed by atoms with Gasteiger partial charge in [0.15, 0.2) is 5.82 Å². The first kappa shape index (κ1) is 28.2. The van der Waals surface area contributed by atoms with Gasteiger partial charge >= 0.3 is 0 Å². The molecule has 2 aliphatic heterocycles. The van der Waals surface area contributed by atoms with Crippen LogP contribution in [0, 0.1) is 11.3 Å². The zero-order valence-electron chi connectivity index (χ0n) is 24.2. The van der Waals surface area contributed by atoms with Crippen molar-refractivity contribution < 1.29 is 4.79 Å². The van der Waals surface area contributed by atoms with E-state index in [1.54, 1.807) is 0 Å². The second-order valence-electron chi connectivity index (χ2n) is 11.1. The minimum Gasteiger partial charge on any atom is -0.332 e. The summed E-state index contributed by atoms with van der Waals surface area (Å²) in [4.78, 5) is 37.2. The third-order valence-corrected chi connectivity index (χ3v) is 7.89. The lowest BCUT2D eigenvalue weighted by Crippen LogP contribution is -2.52. The monoisotopic (exact) mass is 551 g/mol. The number of nitrogens with one attached hydrogen (secondary N) is 2. The second-order valence-corrected chi connectivity index (χ2v) is 11.1. The third-order valence-electron chi connectivity index (χ3n) is 7.89. The molecule has 1 atom stereocenters. The first-order valence-electron chi connectivity index (χ1n) is 14.3. The molecule has 0 saturated heterocycles. The summed E-state index contributed by atoms with van der Waals surface area (Å²) >= 11 is 0. The number of carbonyl (C=O) groups excluding carboxylic acids is 1. The lowest BCUT2D eigenvalue weighted by atomic mass is 9.98. The molecule has 9 nitrogen and oxygen atoms in total. The number of hydrogen-bond acceptors (Lipinski definition) is 7. The first-order chi connectivity index (χ1) is 19.8. The Kier molecular flexibility index (Phi) is 8.04. The van der Waals surface area contributed by atoms with Crippen molar-refractivity contribution in [2.45, 2.75) is 78.0 Å². The summed E-state index contributed by atoms with van der Waals surface area (Å²) in [6.45, 7) is 9.82. The van der Waals surface area contributed by atoms with E-state index in [4.69, 9.17) is 4.98 Å². The number of fused-ring (bicyclic) bond motifs is 2. The Labute approximate surface area is 241 Å². The average molecular weight is 552 g/mol. The fraction of sp³-hybridized carbons (Fsp3) is 0.406. The molecule has 4 heterocycles. The van der Waals surface area contributed by atoms with E-state index in [0.29, 0.717) is 25.2 Å². The van der Waals surface area contributed by atoms with Gasteiger partial charge in [0.05, 0.1) is 6.07 Å². The van der Waals surface area contributed by atoms with Gasteiger partial charge in [0.1, 0.15) is 17.4 Å². The molecular weight excluding hydrogens is 514 g/mol. The van der Waals surface area contributed by atoms with E-state index < -0.39 is 11.4 Å². The van der Waals surface area contributed by atoms with Crippen LogP contribution < -0.4 is 16.3 Å². The number of amides is 1. The Balaban J connectivity index is 1.33. The molecular formula is C32H37N7O2. The normalized spacial score (nSPS) is 20.0. The highest BCUT2D eigenvalue weighted by Crippen LogP contribution is 2.34. The SMILES string of the molecule is C\C=C(/C=C\C(C)=C\CCC)c1cnc2c(c1)CN(C1Nn3c(nc(C(=O)NC4(C#N)CC4)cc3=O)C=C1C)CC2. The molecule has 3 aliphatic rings. The fourth-order valence-electron chi connectivity index (χ4n) is 5.24. The highest BCUT2D eigenvalue weighted by atomic mass is 16.2. The number of unbranched alkanes of at least 4 members (excludes halogenated alkanes) is 1. The van der Waals surface area contributed by atoms with Crippen molar-refractivity contribution in [1.29, 1.82) is 5.26 Å². The van der Waals surface area contributed by atoms with E-state index >= 15 is 0 Å². The van der Waals surface area contributed by atoms with Crippen LogP contribution in [-0.2, 0) is 13.0 Å². The molecule has 1 fully saturated rings. The van der Waals surface area contributed by atoms with Gasteiger partial charge in [0.2, 0.25) is 0 Å². The Bertz CT molecular complexity index is 1580. The lowest BCUT2D eigenvalue weighted by molar-refractivity contribution is 0.0936. The summed E-state index contributed by atoms with van der Waals surface area (Å²) in [6, 6.07) is 5.57. The largest absolute Gasteiger partial charge is 0.332 e. The minimum absolute atomic E-state index is 0.0162. The molecule has 1 unspecified atom stereocenters. The lowest BCUT2D eigenvalue weighted by Gasteiger charge is -2.38. The molecule has 212 valence electrons. The molecule has 5 rings (SSSR count). The predicted molar refractivity (Wildman–Crippen MR) is 160 cm³/mol. The van der Waals surface area contributed by atoms with Crippen molar-refractivity contribution in [3.8, 4) is 6.07 Å². The summed E-state index contributed by atoms with van der Waals surface area (Å²) in [6.07, 6.45) is 16.5. The highest BCUT2D eigenvalue weighted by molar-refractivity contribution is 5.93. The molecule has 9 heteroatoms. The Hall–Kier alpha value is -4.29. The molecule has 2 aromatic rings. The van der Waals surface area contributed by atoms with Gasteiger partial charge in [-0.3, -0.25) is 24.9 Å². The van der Waals surface area contributed by atoms with E-state index in [1.165, 1.54) is 21.9 Å². The topological polar surface area (TPSA) is 116 Å². The van der Waals surface area contributed by atoms with Crippen LogP contribution in [0.15, 0.2) is 58.6 Å². The fourth-order valence-corrected chi connectivity index (χ4v) is 5.24. The first-order valence-corrected chi connectivity index (χ1v) is 14.3. The highest BCUT2D eigenvalue weighted by Gasteiger charge is 2.45. The van der Waals surface area contributed by atoms with Gasteiger partial charge in [-0.15, -0.1) is 0 Å². The molecule has 2 N–H and O–H groups in total. The summed E-state index contributed by atoms with van der Waals surface area (Å²) < 4.78 is 1.40. The van der Waals surface area contributed by atoms with E-state index in [1.807, 2.05) is 26.1 Å². The maximum atomic E-state index is 13.0. The van der Waals surface area contributed by atoms with Gasteiger partial charge < -0.3 is 5.32 Å². The minimum atomic E-state index is -0.826. The van der Waals surface area contributed by atoms with Crippen molar-refractivity contribution in [2.24, 2.45) is 0 Å².